The van der Waals surface area contributed by atoms with E-state index in [1.165, 1.54) is 16.8 Å². The van der Waals surface area contributed by atoms with E-state index in [0.29, 0.717) is 17.9 Å². The molecule has 0 unspecified atom stereocenters. The topological polar surface area (TPSA) is 24.4 Å². The van der Waals surface area contributed by atoms with Gasteiger partial charge in [0, 0.05) is 11.6 Å². The van der Waals surface area contributed by atoms with Gasteiger partial charge >= 0.3 is 0 Å². The van der Waals surface area contributed by atoms with Gasteiger partial charge in [0.1, 0.15) is 0 Å². The number of hydrogen-bond donors (Lipinski definition) is 1. The van der Waals surface area contributed by atoms with E-state index in [0.717, 1.165) is 6.42 Å². The Labute approximate surface area is 90.4 Å². The molecule has 3 rings (SSSR count). The Morgan fingerprint density at radius 2 is 2.13 bits per heavy atom. The van der Waals surface area contributed by atoms with Crippen LogP contribution >= 0.6 is 0 Å². The van der Waals surface area contributed by atoms with E-state index >= 15 is 0 Å². The number of fused-ring (bicyclic) bond motifs is 3. The molecule has 0 radical (unpaired) electrons. The molecular weight excluding hydrogens is 184 g/mol. The summed E-state index contributed by atoms with van der Waals surface area (Å²) in [6.07, 6.45) is 1.16. The molecule has 0 saturated heterocycles. The molecule has 1 aromatic rings. The maximum Gasteiger partial charge on any atom is 0.0776 e. The third-order valence-corrected chi connectivity index (χ3v) is 3.54. The molecule has 2 heteroatoms. The van der Waals surface area contributed by atoms with Crippen LogP contribution in [0, 0.1) is 11.8 Å². The third-order valence-electron chi connectivity index (χ3n) is 3.54. The van der Waals surface area contributed by atoms with Crippen molar-refractivity contribution in [2.24, 2.45) is 16.9 Å². The van der Waals surface area contributed by atoms with Crippen molar-refractivity contribution in [2.75, 3.05) is 0 Å². The van der Waals surface area contributed by atoms with E-state index in [1.54, 1.807) is 0 Å². The van der Waals surface area contributed by atoms with Gasteiger partial charge in [-0.1, -0.05) is 38.1 Å². The predicted octanol–water partition coefficient (Wildman–Crippen LogP) is 2.52. The second-order valence-corrected chi connectivity index (χ2v) is 4.81. The Morgan fingerprint density at radius 1 is 1.33 bits per heavy atom. The van der Waals surface area contributed by atoms with Crippen LogP contribution in [0.3, 0.4) is 0 Å². The lowest BCUT2D eigenvalue weighted by Crippen LogP contribution is -2.20. The molecule has 0 saturated carbocycles. The summed E-state index contributed by atoms with van der Waals surface area (Å²) in [6, 6.07) is 9.17. The number of rotatable bonds is 1. The van der Waals surface area contributed by atoms with Gasteiger partial charge in [0.25, 0.3) is 0 Å². The van der Waals surface area contributed by atoms with Gasteiger partial charge < -0.3 is 5.43 Å². The van der Waals surface area contributed by atoms with Gasteiger partial charge in [-0.3, -0.25) is 0 Å². The summed E-state index contributed by atoms with van der Waals surface area (Å²) in [6.45, 7) is 4.46. The van der Waals surface area contributed by atoms with Crippen molar-refractivity contribution in [1.29, 1.82) is 0 Å². The number of hydrazone groups is 1. The Hall–Kier alpha value is -1.31. The maximum absolute atomic E-state index is 4.49. The molecule has 2 aliphatic rings. The molecule has 15 heavy (non-hydrogen) atoms. The summed E-state index contributed by atoms with van der Waals surface area (Å²) in [5.41, 5.74) is 7.58. The molecule has 1 aliphatic carbocycles. The van der Waals surface area contributed by atoms with Crippen LogP contribution in [0.25, 0.3) is 0 Å². The summed E-state index contributed by atoms with van der Waals surface area (Å²) in [5, 5.41) is 4.49. The van der Waals surface area contributed by atoms with Crippen molar-refractivity contribution < 1.29 is 0 Å². The first-order valence-electron chi connectivity index (χ1n) is 5.68. The van der Waals surface area contributed by atoms with Crippen molar-refractivity contribution in [2.45, 2.75) is 26.3 Å². The van der Waals surface area contributed by atoms with Crippen LogP contribution < -0.4 is 5.43 Å². The highest BCUT2D eigenvalue weighted by Gasteiger charge is 2.39. The molecule has 1 aromatic carbocycles. The van der Waals surface area contributed by atoms with Crippen LogP contribution in [0.15, 0.2) is 29.4 Å². The highest BCUT2D eigenvalue weighted by atomic mass is 15.3. The molecule has 1 heterocycles. The highest BCUT2D eigenvalue weighted by Crippen LogP contribution is 2.40. The molecule has 1 N–H and O–H groups in total. The fraction of sp³-hybridized carbons (Fsp3) is 0.462. The normalized spacial score (nSPS) is 27.3. The molecule has 1 aliphatic heterocycles. The smallest absolute Gasteiger partial charge is 0.0776 e. The number of hydrogen-bond acceptors (Lipinski definition) is 2. The molecule has 0 spiro atoms. The van der Waals surface area contributed by atoms with E-state index in [9.17, 15) is 0 Å². The summed E-state index contributed by atoms with van der Waals surface area (Å²) in [7, 11) is 0. The second-order valence-electron chi connectivity index (χ2n) is 4.81. The van der Waals surface area contributed by atoms with Crippen LogP contribution in [0.1, 0.15) is 31.0 Å². The van der Waals surface area contributed by atoms with E-state index in [4.69, 9.17) is 0 Å². The molecule has 0 aromatic heterocycles. The zero-order valence-electron chi connectivity index (χ0n) is 9.20. The molecular formula is C13H16N2. The molecule has 78 valence electrons. The second kappa shape index (κ2) is 3.09. The largest absolute Gasteiger partial charge is 0.302 e. The third kappa shape index (κ3) is 1.21. The van der Waals surface area contributed by atoms with E-state index < -0.39 is 0 Å². The van der Waals surface area contributed by atoms with Crippen molar-refractivity contribution >= 4 is 5.71 Å². The predicted molar refractivity (Wildman–Crippen MR) is 61.8 cm³/mol. The molecule has 0 amide bonds. The molecule has 0 fully saturated rings. The monoisotopic (exact) mass is 200 g/mol. The number of nitrogens with one attached hydrogen (secondary N) is 1. The fourth-order valence-electron chi connectivity index (χ4n) is 2.81. The minimum absolute atomic E-state index is 0.443. The summed E-state index contributed by atoms with van der Waals surface area (Å²) >= 11 is 0. The van der Waals surface area contributed by atoms with Gasteiger partial charge in [0.15, 0.2) is 0 Å². The number of benzene rings is 1. The van der Waals surface area contributed by atoms with Gasteiger partial charge in [-0.25, -0.2) is 0 Å². The van der Waals surface area contributed by atoms with Crippen molar-refractivity contribution in [3.8, 4) is 0 Å². The fourth-order valence-corrected chi connectivity index (χ4v) is 2.81. The summed E-state index contributed by atoms with van der Waals surface area (Å²) in [4.78, 5) is 0. The van der Waals surface area contributed by atoms with Crippen LogP contribution in [0.5, 0.6) is 0 Å². The minimum Gasteiger partial charge on any atom is -0.302 e. The average Bonchev–Trinajstić information content (AvgIpc) is 2.74. The van der Waals surface area contributed by atoms with Gasteiger partial charge in [-0.15, -0.1) is 0 Å². The zero-order valence-corrected chi connectivity index (χ0v) is 9.20. The molecule has 2 atom stereocenters. The molecule has 2 nitrogen and oxygen atoms in total. The standard InChI is InChI=1S/C13H16N2/c1-8(2)12-11-7-9-5-3-4-6-10(9)13(11)15-14-12/h3-6,8,11,13,15H,7H2,1-2H3/t11-,13+/m1/s1. The minimum atomic E-state index is 0.443. The van der Waals surface area contributed by atoms with Crippen LogP contribution in [-0.2, 0) is 6.42 Å². The maximum atomic E-state index is 4.49. The lowest BCUT2D eigenvalue weighted by Gasteiger charge is -2.13. The molecule has 0 bridgehead atoms. The van der Waals surface area contributed by atoms with Gasteiger partial charge in [-0.05, 0) is 23.5 Å². The first-order chi connectivity index (χ1) is 7.27. The van der Waals surface area contributed by atoms with Crippen LogP contribution in [-0.4, -0.2) is 5.71 Å². The van der Waals surface area contributed by atoms with E-state index in [1.807, 2.05) is 0 Å². The average molecular weight is 200 g/mol. The van der Waals surface area contributed by atoms with Crippen molar-refractivity contribution in [3.63, 3.8) is 0 Å². The lowest BCUT2D eigenvalue weighted by molar-refractivity contribution is 0.529. The van der Waals surface area contributed by atoms with Crippen LogP contribution in [0.2, 0.25) is 0 Å². The van der Waals surface area contributed by atoms with Crippen LogP contribution in [0.4, 0.5) is 0 Å². The highest BCUT2D eigenvalue weighted by molar-refractivity contribution is 5.91. The van der Waals surface area contributed by atoms with Gasteiger partial charge in [-0.2, -0.15) is 5.10 Å². The van der Waals surface area contributed by atoms with Crippen molar-refractivity contribution in [1.82, 2.24) is 5.43 Å². The number of nitrogens with zero attached hydrogens (tertiary/aromatic N) is 1. The van der Waals surface area contributed by atoms with Crippen molar-refractivity contribution in [3.05, 3.63) is 35.4 Å². The Balaban J connectivity index is 1.97. The Morgan fingerprint density at radius 3 is 2.93 bits per heavy atom. The van der Waals surface area contributed by atoms with E-state index in [2.05, 4.69) is 48.6 Å². The Bertz CT molecular complexity index is 420. The lowest BCUT2D eigenvalue weighted by atomic mass is 9.90. The quantitative estimate of drug-likeness (QED) is 0.740. The summed E-state index contributed by atoms with van der Waals surface area (Å²) < 4.78 is 0. The summed E-state index contributed by atoms with van der Waals surface area (Å²) in [5.74, 6) is 1.16. The first kappa shape index (κ1) is 8.96. The van der Waals surface area contributed by atoms with E-state index in [-0.39, 0.29) is 0 Å². The Kier molecular flexibility index (Phi) is 1.84. The first-order valence-corrected chi connectivity index (χ1v) is 5.68. The zero-order chi connectivity index (χ0) is 10.4. The SMILES string of the molecule is CC(C)C1=NN[C@H]2c3ccccc3C[C@H]12. The van der Waals surface area contributed by atoms with Gasteiger partial charge in [0.05, 0.1) is 6.04 Å². The van der Waals surface area contributed by atoms with Gasteiger partial charge in [0.2, 0.25) is 0 Å².